The number of carbonyl (C=O) groups is 1. The molecule has 29 heavy (non-hydrogen) atoms. The first kappa shape index (κ1) is 18.7. The minimum absolute atomic E-state index is 0.0870. The van der Waals surface area contributed by atoms with E-state index in [1.807, 2.05) is 53.2 Å². The molecule has 0 atom stereocenters. The van der Waals surface area contributed by atoms with Gasteiger partial charge in [0.15, 0.2) is 0 Å². The molecule has 7 nitrogen and oxygen atoms in total. The predicted molar refractivity (Wildman–Crippen MR) is 111 cm³/mol. The first-order chi connectivity index (χ1) is 14.1. The Morgan fingerprint density at radius 1 is 1.21 bits per heavy atom. The molecular formula is C22H22N4O3. The number of rotatable bonds is 7. The molecule has 4 rings (SSSR count). The summed E-state index contributed by atoms with van der Waals surface area (Å²) in [6.45, 7) is 0.498. The summed E-state index contributed by atoms with van der Waals surface area (Å²) >= 11 is 0. The summed E-state index contributed by atoms with van der Waals surface area (Å²) < 4.78 is 7.24. The summed E-state index contributed by atoms with van der Waals surface area (Å²) in [7, 11) is 1.60. The number of fused-ring (bicyclic) bond motifs is 2. The molecule has 3 aromatic heterocycles. The van der Waals surface area contributed by atoms with Crippen molar-refractivity contribution in [3.8, 4) is 5.75 Å². The number of ether oxygens (including phenoxy) is 1. The van der Waals surface area contributed by atoms with Crippen LogP contribution in [0.3, 0.4) is 0 Å². The molecule has 4 aromatic rings. The minimum Gasteiger partial charge on any atom is -0.497 e. The second-order valence-electron chi connectivity index (χ2n) is 6.85. The minimum atomic E-state index is -0.167. The van der Waals surface area contributed by atoms with Crippen LogP contribution in [0.25, 0.3) is 16.4 Å². The number of imidazole rings is 1. The van der Waals surface area contributed by atoms with E-state index in [1.54, 1.807) is 13.2 Å². The fraction of sp³-hybridized carbons (Fsp3) is 0.227. The van der Waals surface area contributed by atoms with Crippen LogP contribution in [0.5, 0.6) is 5.75 Å². The largest absolute Gasteiger partial charge is 0.497 e. The van der Waals surface area contributed by atoms with Crippen molar-refractivity contribution in [2.75, 3.05) is 13.7 Å². The van der Waals surface area contributed by atoms with Gasteiger partial charge in [-0.05, 0) is 42.8 Å². The summed E-state index contributed by atoms with van der Waals surface area (Å²) in [6.07, 6.45) is 5.04. The van der Waals surface area contributed by atoms with Crippen LogP contribution >= 0.6 is 0 Å². The molecule has 1 amide bonds. The molecule has 0 saturated heterocycles. The maximum absolute atomic E-state index is 12.3. The topological polar surface area (TPSA) is 88.5 Å². The number of amides is 1. The Morgan fingerprint density at radius 3 is 2.97 bits per heavy atom. The van der Waals surface area contributed by atoms with E-state index in [0.717, 1.165) is 28.0 Å². The molecule has 0 saturated carbocycles. The summed E-state index contributed by atoms with van der Waals surface area (Å²) in [5.41, 5.74) is 2.19. The van der Waals surface area contributed by atoms with Gasteiger partial charge < -0.3 is 19.4 Å². The van der Waals surface area contributed by atoms with Crippen molar-refractivity contribution in [2.45, 2.75) is 19.3 Å². The van der Waals surface area contributed by atoms with Gasteiger partial charge in [0.2, 0.25) is 5.91 Å². The average Bonchev–Trinajstić information content (AvgIpc) is 3.15. The van der Waals surface area contributed by atoms with Crippen LogP contribution in [0.15, 0.2) is 59.7 Å². The average molecular weight is 390 g/mol. The normalized spacial score (nSPS) is 11.1. The molecule has 2 N–H and O–H groups in total. The fourth-order valence-electron chi connectivity index (χ4n) is 3.38. The molecule has 0 fully saturated rings. The van der Waals surface area contributed by atoms with Crippen LogP contribution in [-0.2, 0) is 17.6 Å². The van der Waals surface area contributed by atoms with Gasteiger partial charge in [-0.1, -0.05) is 6.07 Å². The van der Waals surface area contributed by atoms with Gasteiger partial charge in [-0.25, -0.2) is 4.98 Å². The lowest BCUT2D eigenvalue weighted by Crippen LogP contribution is -2.27. The number of nitrogens with zero attached hydrogens (tertiary/aromatic N) is 2. The Kier molecular flexibility index (Phi) is 5.29. The smallest absolute Gasteiger partial charge is 0.251 e. The van der Waals surface area contributed by atoms with Crippen molar-refractivity contribution in [1.82, 2.24) is 19.7 Å². The molecule has 3 heterocycles. The van der Waals surface area contributed by atoms with Crippen LogP contribution in [0.1, 0.15) is 17.8 Å². The fourth-order valence-corrected chi connectivity index (χ4v) is 3.38. The Balaban J connectivity index is 1.34. The Hall–Kier alpha value is -3.61. The molecule has 1 aromatic carbocycles. The number of pyridine rings is 2. The highest BCUT2D eigenvalue weighted by atomic mass is 16.5. The maximum Gasteiger partial charge on any atom is 0.251 e. The van der Waals surface area contributed by atoms with Gasteiger partial charge in [0.1, 0.15) is 11.6 Å². The summed E-state index contributed by atoms with van der Waals surface area (Å²) in [6, 6.07) is 13.2. The van der Waals surface area contributed by atoms with Gasteiger partial charge in [0.05, 0.1) is 18.8 Å². The SMILES string of the molecule is COc1ccc2[nH]c(=O)c(CCC(=O)NCCc3ncc4ccccn34)cc2c1. The highest BCUT2D eigenvalue weighted by Gasteiger charge is 2.08. The Labute approximate surface area is 167 Å². The summed E-state index contributed by atoms with van der Waals surface area (Å²) in [5.74, 6) is 1.54. The van der Waals surface area contributed by atoms with Gasteiger partial charge in [0.25, 0.3) is 5.56 Å². The number of methoxy groups -OCH3 is 1. The monoisotopic (exact) mass is 390 g/mol. The number of aromatic nitrogens is 3. The van der Waals surface area contributed by atoms with E-state index >= 15 is 0 Å². The lowest BCUT2D eigenvalue weighted by molar-refractivity contribution is -0.121. The summed E-state index contributed by atoms with van der Waals surface area (Å²) in [5, 5.41) is 3.79. The number of hydrogen-bond donors (Lipinski definition) is 2. The van der Waals surface area contributed by atoms with Crippen molar-refractivity contribution in [3.05, 3.63) is 76.6 Å². The van der Waals surface area contributed by atoms with Crippen LogP contribution < -0.4 is 15.6 Å². The molecule has 0 aliphatic heterocycles. The third-order valence-corrected chi connectivity index (χ3v) is 4.94. The van der Waals surface area contributed by atoms with Gasteiger partial charge in [-0.3, -0.25) is 9.59 Å². The van der Waals surface area contributed by atoms with Gasteiger partial charge >= 0.3 is 0 Å². The third-order valence-electron chi connectivity index (χ3n) is 4.94. The Morgan fingerprint density at radius 2 is 2.10 bits per heavy atom. The first-order valence-electron chi connectivity index (χ1n) is 9.51. The number of carbonyl (C=O) groups excluding carboxylic acids is 1. The Bertz CT molecular complexity index is 1230. The lowest BCUT2D eigenvalue weighted by Gasteiger charge is -2.07. The van der Waals surface area contributed by atoms with E-state index in [9.17, 15) is 9.59 Å². The second kappa shape index (κ2) is 8.18. The predicted octanol–water partition coefficient (Wildman–Crippen LogP) is 2.48. The van der Waals surface area contributed by atoms with E-state index in [0.29, 0.717) is 24.9 Å². The first-order valence-corrected chi connectivity index (χ1v) is 9.51. The zero-order valence-electron chi connectivity index (χ0n) is 16.1. The van der Waals surface area contributed by atoms with Crippen LogP contribution in [0.2, 0.25) is 0 Å². The van der Waals surface area contributed by atoms with E-state index < -0.39 is 0 Å². The summed E-state index contributed by atoms with van der Waals surface area (Å²) in [4.78, 5) is 31.7. The molecule has 0 aliphatic carbocycles. The van der Waals surface area contributed by atoms with Crippen LogP contribution in [0, 0.1) is 0 Å². The number of benzene rings is 1. The van der Waals surface area contributed by atoms with Crippen molar-refractivity contribution in [1.29, 1.82) is 0 Å². The van der Waals surface area contributed by atoms with Gasteiger partial charge in [-0.2, -0.15) is 0 Å². The third kappa shape index (κ3) is 4.13. The van der Waals surface area contributed by atoms with Crippen LogP contribution in [-0.4, -0.2) is 33.9 Å². The molecule has 0 bridgehead atoms. The zero-order chi connectivity index (χ0) is 20.2. The zero-order valence-corrected chi connectivity index (χ0v) is 16.1. The van der Waals surface area contributed by atoms with Gasteiger partial charge in [0, 0.05) is 42.0 Å². The van der Waals surface area contributed by atoms with Crippen molar-refractivity contribution in [2.24, 2.45) is 0 Å². The molecule has 0 aliphatic rings. The van der Waals surface area contributed by atoms with Crippen LogP contribution in [0.4, 0.5) is 0 Å². The lowest BCUT2D eigenvalue weighted by atomic mass is 10.1. The van der Waals surface area contributed by atoms with E-state index in [2.05, 4.69) is 15.3 Å². The van der Waals surface area contributed by atoms with E-state index in [4.69, 9.17) is 4.74 Å². The number of aromatic amines is 1. The molecule has 0 radical (unpaired) electrons. The van der Waals surface area contributed by atoms with Crippen molar-refractivity contribution in [3.63, 3.8) is 0 Å². The standard InChI is InChI=1S/C22H22N4O3/c1-29-18-6-7-19-16(13-18)12-15(22(28)25-19)5-8-21(27)23-10-9-20-24-14-17-4-2-3-11-26(17)20/h2-4,6-7,11-14H,5,8-10H2,1H3,(H,23,27)(H,25,28). The molecule has 0 unspecified atom stereocenters. The van der Waals surface area contributed by atoms with Crippen molar-refractivity contribution >= 4 is 22.3 Å². The molecule has 7 heteroatoms. The molecule has 0 spiro atoms. The molecular weight excluding hydrogens is 368 g/mol. The maximum atomic E-state index is 12.3. The molecule has 148 valence electrons. The highest BCUT2D eigenvalue weighted by Crippen LogP contribution is 2.19. The van der Waals surface area contributed by atoms with Gasteiger partial charge in [-0.15, -0.1) is 0 Å². The highest BCUT2D eigenvalue weighted by molar-refractivity contribution is 5.81. The van der Waals surface area contributed by atoms with E-state index in [1.165, 1.54) is 0 Å². The van der Waals surface area contributed by atoms with E-state index in [-0.39, 0.29) is 17.9 Å². The quantitative estimate of drug-likeness (QED) is 0.507. The number of H-pyrrole nitrogens is 1. The number of nitrogens with one attached hydrogen (secondary N) is 2. The number of aryl methyl sites for hydroxylation is 1. The second-order valence-corrected chi connectivity index (χ2v) is 6.85. The van der Waals surface area contributed by atoms with Crippen molar-refractivity contribution < 1.29 is 9.53 Å². The number of hydrogen-bond acceptors (Lipinski definition) is 4.